The number of carbonyl (C=O) groups is 2. The first-order chi connectivity index (χ1) is 8.13. The van der Waals surface area contributed by atoms with Gasteiger partial charge in [0.1, 0.15) is 5.92 Å². The number of methoxy groups -OCH3 is 1. The van der Waals surface area contributed by atoms with E-state index in [9.17, 15) is 9.59 Å². The van der Waals surface area contributed by atoms with Crippen LogP contribution in [-0.4, -0.2) is 36.9 Å². The third-order valence-corrected chi connectivity index (χ3v) is 3.68. The molecule has 4 heteroatoms. The van der Waals surface area contributed by atoms with Gasteiger partial charge in [-0.3, -0.25) is 9.59 Å². The summed E-state index contributed by atoms with van der Waals surface area (Å²) < 4.78 is 4.69. The lowest BCUT2D eigenvalue weighted by molar-refractivity contribution is -0.150. The maximum Gasteiger partial charge on any atom is 0.316 e. The van der Waals surface area contributed by atoms with E-state index in [1.165, 1.54) is 20.0 Å². The summed E-state index contributed by atoms with van der Waals surface area (Å²) in [5, 5.41) is 0. The summed E-state index contributed by atoms with van der Waals surface area (Å²) in [6, 6.07) is 0. The zero-order chi connectivity index (χ0) is 12.4. The van der Waals surface area contributed by atoms with E-state index in [-0.39, 0.29) is 11.7 Å². The first-order valence-corrected chi connectivity index (χ1v) is 6.20. The number of allylic oxidation sites excluding steroid dienone is 2. The Balaban J connectivity index is 2.14. The Morgan fingerprint density at radius 3 is 2.59 bits per heavy atom. The van der Waals surface area contributed by atoms with Gasteiger partial charge in [0, 0.05) is 24.9 Å². The highest BCUT2D eigenvalue weighted by molar-refractivity contribution is 6.06. The van der Waals surface area contributed by atoms with E-state index >= 15 is 0 Å². The molecule has 2 aliphatic rings. The monoisotopic (exact) mass is 237 g/mol. The topological polar surface area (TPSA) is 46.6 Å². The van der Waals surface area contributed by atoms with Gasteiger partial charge in [-0.1, -0.05) is 6.92 Å². The second-order valence-corrected chi connectivity index (χ2v) is 4.91. The molecule has 0 aromatic rings. The number of ether oxygens (including phenoxy) is 1. The van der Waals surface area contributed by atoms with Crippen molar-refractivity contribution >= 4 is 11.8 Å². The van der Waals surface area contributed by atoms with Gasteiger partial charge in [-0.25, -0.2) is 0 Å². The van der Waals surface area contributed by atoms with Crippen molar-refractivity contribution in [2.75, 3.05) is 20.2 Å². The number of nitrogens with zero attached hydrogens (tertiary/aromatic N) is 1. The third-order valence-electron chi connectivity index (χ3n) is 3.68. The van der Waals surface area contributed by atoms with Gasteiger partial charge in [0.25, 0.3) is 0 Å². The first-order valence-electron chi connectivity index (χ1n) is 6.20. The molecular formula is C13H19NO3. The van der Waals surface area contributed by atoms with Crippen molar-refractivity contribution in [3.8, 4) is 0 Å². The van der Waals surface area contributed by atoms with E-state index in [0.717, 1.165) is 25.2 Å². The van der Waals surface area contributed by atoms with Crippen LogP contribution in [0.2, 0.25) is 0 Å². The van der Waals surface area contributed by atoms with Crippen LogP contribution in [0.5, 0.6) is 0 Å². The molecule has 1 saturated heterocycles. The third kappa shape index (κ3) is 2.35. The molecule has 0 aromatic heterocycles. The highest BCUT2D eigenvalue weighted by Gasteiger charge is 2.37. The number of esters is 1. The van der Waals surface area contributed by atoms with E-state index in [1.807, 2.05) is 6.92 Å². The minimum atomic E-state index is -0.605. The van der Waals surface area contributed by atoms with Gasteiger partial charge in [-0.15, -0.1) is 0 Å². The predicted molar refractivity (Wildman–Crippen MR) is 63.2 cm³/mol. The number of hydrogen-bond acceptors (Lipinski definition) is 4. The zero-order valence-corrected chi connectivity index (χ0v) is 10.4. The van der Waals surface area contributed by atoms with E-state index < -0.39 is 11.9 Å². The Labute approximate surface area is 102 Å². The van der Waals surface area contributed by atoms with Crippen molar-refractivity contribution in [1.82, 2.24) is 4.90 Å². The molecule has 2 unspecified atom stereocenters. The van der Waals surface area contributed by atoms with Crippen molar-refractivity contribution in [3.05, 3.63) is 11.8 Å². The fourth-order valence-corrected chi connectivity index (χ4v) is 2.74. The minimum Gasteiger partial charge on any atom is -0.468 e. The summed E-state index contributed by atoms with van der Waals surface area (Å²) in [6.07, 6.45) is 4.83. The summed E-state index contributed by atoms with van der Waals surface area (Å²) in [7, 11) is 1.34. The average molecular weight is 237 g/mol. The van der Waals surface area contributed by atoms with Crippen molar-refractivity contribution in [1.29, 1.82) is 0 Å². The SMILES string of the molecule is COC(=O)C1C(=O)C=C(N2CCCC2)CC1C. The Morgan fingerprint density at radius 2 is 2.06 bits per heavy atom. The lowest BCUT2D eigenvalue weighted by atomic mass is 9.81. The summed E-state index contributed by atoms with van der Waals surface area (Å²) in [4.78, 5) is 25.8. The number of ketones is 1. The smallest absolute Gasteiger partial charge is 0.316 e. The molecule has 0 aromatic carbocycles. The molecule has 2 rings (SSSR count). The molecule has 94 valence electrons. The van der Waals surface area contributed by atoms with Crippen LogP contribution in [0.4, 0.5) is 0 Å². The van der Waals surface area contributed by atoms with Crippen molar-refractivity contribution in [3.63, 3.8) is 0 Å². The molecule has 0 amide bonds. The number of carbonyl (C=O) groups excluding carboxylic acids is 2. The van der Waals surface area contributed by atoms with E-state index in [2.05, 4.69) is 9.64 Å². The normalized spacial score (nSPS) is 29.2. The average Bonchev–Trinajstić information content (AvgIpc) is 2.81. The van der Waals surface area contributed by atoms with Gasteiger partial charge in [-0.2, -0.15) is 0 Å². The van der Waals surface area contributed by atoms with Crippen LogP contribution in [0.15, 0.2) is 11.8 Å². The van der Waals surface area contributed by atoms with Crippen molar-refractivity contribution < 1.29 is 14.3 Å². The fourth-order valence-electron chi connectivity index (χ4n) is 2.74. The molecule has 0 saturated carbocycles. The lowest BCUT2D eigenvalue weighted by Crippen LogP contribution is -2.36. The standard InChI is InChI=1S/C13H19NO3/c1-9-7-10(14-5-3-4-6-14)8-11(15)12(9)13(16)17-2/h8-9,12H,3-7H2,1-2H3. The predicted octanol–water partition coefficient (Wildman–Crippen LogP) is 1.36. The van der Waals surface area contributed by atoms with Gasteiger partial charge in [-0.05, 0) is 25.2 Å². The molecule has 4 nitrogen and oxygen atoms in total. The molecule has 1 fully saturated rings. The van der Waals surface area contributed by atoms with E-state index in [4.69, 9.17) is 0 Å². The van der Waals surface area contributed by atoms with Gasteiger partial charge in [0.05, 0.1) is 7.11 Å². The molecule has 1 aliphatic carbocycles. The van der Waals surface area contributed by atoms with Gasteiger partial charge in [0.15, 0.2) is 5.78 Å². The second kappa shape index (κ2) is 4.90. The van der Waals surface area contributed by atoms with Crippen molar-refractivity contribution in [2.45, 2.75) is 26.2 Å². The molecule has 0 spiro atoms. The summed E-state index contributed by atoms with van der Waals surface area (Å²) in [5.74, 6) is -1.07. The van der Waals surface area contributed by atoms with Crippen LogP contribution >= 0.6 is 0 Å². The summed E-state index contributed by atoms with van der Waals surface area (Å²) >= 11 is 0. The highest BCUT2D eigenvalue weighted by Crippen LogP contribution is 2.31. The molecule has 1 heterocycles. The van der Waals surface area contributed by atoms with Crippen LogP contribution in [0.25, 0.3) is 0 Å². The van der Waals surface area contributed by atoms with Crippen LogP contribution in [0.3, 0.4) is 0 Å². The molecule has 17 heavy (non-hydrogen) atoms. The van der Waals surface area contributed by atoms with Gasteiger partial charge in [0.2, 0.25) is 0 Å². The zero-order valence-electron chi connectivity index (χ0n) is 10.4. The van der Waals surface area contributed by atoms with Gasteiger partial charge >= 0.3 is 5.97 Å². The Morgan fingerprint density at radius 1 is 1.41 bits per heavy atom. The quantitative estimate of drug-likeness (QED) is 0.537. The van der Waals surface area contributed by atoms with Crippen LogP contribution in [-0.2, 0) is 14.3 Å². The van der Waals surface area contributed by atoms with Crippen LogP contribution < -0.4 is 0 Å². The molecule has 0 bridgehead atoms. The molecule has 2 atom stereocenters. The van der Waals surface area contributed by atoms with Gasteiger partial charge < -0.3 is 9.64 Å². The van der Waals surface area contributed by atoms with Crippen LogP contribution in [0.1, 0.15) is 26.2 Å². The number of rotatable bonds is 2. The maximum atomic E-state index is 12.0. The van der Waals surface area contributed by atoms with Crippen LogP contribution in [0, 0.1) is 11.8 Å². The Kier molecular flexibility index (Phi) is 3.50. The summed E-state index contributed by atoms with van der Waals surface area (Å²) in [5.41, 5.74) is 1.10. The Hall–Kier alpha value is -1.32. The fraction of sp³-hybridized carbons (Fsp3) is 0.692. The molecule has 0 radical (unpaired) electrons. The highest BCUT2D eigenvalue weighted by atomic mass is 16.5. The molecule has 1 aliphatic heterocycles. The first kappa shape index (κ1) is 12.1. The minimum absolute atomic E-state index is 0.0375. The van der Waals surface area contributed by atoms with Crippen molar-refractivity contribution in [2.24, 2.45) is 11.8 Å². The number of hydrogen-bond donors (Lipinski definition) is 0. The summed E-state index contributed by atoms with van der Waals surface area (Å²) in [6.45, 7) is 4.02. The maximum absolute atomic E-state index is 12.0. The largest absolute Gasteiger partial charge is 0.468 e. The molecular weight excluding hydrogens is 218 g/mol. The Bertz CT molecular complexity index is 356. The lowest BCUT2D eigenvalue weighted by Gasteiger charge is -2.30. The van der Waals surface area contributed by atoms with E-state index in [0.29, 0.717) is 0 Å². The molecule has 0 N–H and O–H groups in total. The second-order valence-electron chi connectivity index (χ2n) is 4.91. The number of likely N-dealkylation sites (tertiary alicyclic amines) is 1. The van der Waals surface area contributed by atoms with E-state index in [1.54, 1.807) is 6.08 Å².